The van der Waals surface area contributed by atoms with Crippen LogP contribution in [0.25, 0.3) is 0 Å². The lowest BCUT2D eigenvalue weighted by Crippen LogP contribution is -2.41. The fourth-order valence-electron chi connectivity index (χ4n) is 2.89. The molecule has 0 bridgehead atoms. The highest BCUT2D eigenvalue weighted by molar-refractivity contribution is 5.80. The van der Waals surface area contributed by atoms with Crippen molar-refractivity contribution in [3.63, 3.8) is 0 Å². The van der Waals surface area contributed by atoms with Gasteiger partial charge in [0, 0.05) is 19.6 Å². The van der Waals surface area contributed by atoms with Gasteiger partial charge in [0.25, 0.3) is 0 Å². The molecule has 23 heavy (non-hydrogen) atoms. The zero-order chi connectivity index (χ0) is 16.8. The normalized spacial score (nSPS) is 20.2. The van der Waals surface area contributed by atoms with E-state index in [0.29, 0.717) is 13.1 Å². The maximum Gasteiger partial charge on any atom is 0.194 e. The Balaban J connectivity index is 2.12. The standard InChI is InChI=1S/C18H30N4O/c1-5-19-18(22-11-10-16(23)13-22)20-12-17(21(3)4)15-8-6-14(2)7-9-15/h6-9,16-17,23H,5,10-13H2,1-4H3,(H,19,20)/t16-,17?/m1/s1. The Bertz CT molecular complexity index is 512. The van der Waals surface area contributed by atoms with Gasteiger partial charge in [0.05, 0.1) is 18.7 Å². The number of rotatable bonds is 5. The van der Waals surface area contributed by atoms with Gasteiger partial charge in [0.15, 0.2) is 5.96 Å². The fourth-order valence-corrected chi connectivity index (χ4v) is 2.89. The maximum absolute atomic E-state index is 9.75. The number of benzene rings is 1. The molecule has 1 fully saturated rings. The van der Waals surface area contributed by atoms with E-state index >= 15 is 0 Å². The number of nitrogens with zero attached hydrogens (tertiary/aromatic N) is 3. The number of β-amino-alcohol motifs (C(OH)–C–C–N with tert-alkyl or cyclic N) is 1. The molecule has 128 valence electrons. The highest BCUT2D eigenvalue weighted by Gasteiger charge is 2.23. The number of likely N-dealkylation sites (tertiary alicyclic amines) is 1. The second-order valence-corrected chi connectivity index (χ2v) is 6.47. The maximum atomic E-state index is 9.75. The number of aliphatic hydroxyl groups excluding tert-OH is 1. The zero-order valence-electron chi connectivity index (χ0n) is 14.8. The first-order valence-electron chi connectivity index (χ1n) is 8.45. The summed E-state index contributed by atoms with van der Waals surface area (Å²) < 4.78 is 0. The first-order chi connectivity index (χ1) is 11.0. The topological polar surface area (TPSA) is 51.1 Å². The summed E-state index contributed by atoms with van der Waals surface area (Å²) >= 11 is 0. The summed E-state index contributed by atoms with van der Waals surface area (Å²) in [4.78, 5) is 9.18. The number of aliphatic hydroxyl groups is 1. The zero-order valence-corrected chi connectivity index (χ0v) is 14.8. The molecule has 0 spiro atoms. The minimum Gasteiger partial charge on any atom is -0.391 e. The molecule has 0 aliphatic carbocycles. The average molecular weight is 318 g/mol. The van der Waals surface area contributed by atoms with Gasteiger partial charge in [-0.3, -0.25) is 4.99 Å². The molecule has 5 heteroatoms. The lowest BCUT2D eigenvalue weighted by Gasteiger charge is -2.26. The average Bonchev–Trinajstić information content (AvgIpc) is 2.94. The lowest BCUT2D eigenvalue weighted by molar-refractivity contribution is 0.187. The van der Waals surface area contributed by atoms with E-state index in [-0.39, 0.29) is 12.1 Å². The van der Waals surface area contributed by atoms with Gasteiger partial charge >= 0.3 is 0 Å². The van der Waals surface area contributed by atoms with Gasteiger partial charge in [-0.25, -0.2) is 0 Å². The molecular formula is C18H30N4O. The van der Waals surface area contributed by atoms with Crippen LogP contribution < -0.4 is 5.32 Å². The molecule has 1 saturated heterocycles. The van der Waals surface area contributed by atoms with Crippen molar-refractivity contribution in [3.05, 3.63) is 35.4 Å². The van der Waals surface area contributed by atoms with Gasteiger partial charge < -0.3 is 20.2 Å². The lowest BCUT2D eigenvalue weighted by atomic mass is 10.0. The third-order valence-corrected chi connectivity index (χ3v) is 4.30. The van der Waals surface area contributed by atoms with Gasteiger partial charge in [0.2, 0.25) is 0 Å². The first kappa shape index (κ1) is 17.8. The molecule has 1 aliphatic rings. The first-order valence-corrected chi connectivity index (χ1v) is 8.45. The summed E-state index contributed by atoms with van der Waals surface area (Å²) in [5, 5.41) is 13.1. The van der Waals surface area contributed by atoms with Crippen LogP contribution >= 0.6 is 0 Å². The summed E-state index contributed by atoms with van der Waals surface area (Å²) in [6, 6.07) is 8.91. The number of hydrogen-bond acceptors (Lipinski definition) is 3. The minimum atomic E-state index is -0.236. The van der Waals surface area contributed by atoms with Crippen molar-refractivity contribution in [3.8, 4) is 0 Å². The van der Waals surface area contributed by atoms with Crippen LogP contribution in [0.15, 0.2) is 29.3 Å². The Morgan fingerprint density at radius 2 is 2.09 bits per heavy atom. The van der Waals surface area contributed by atoms with Crippen molar-refractivity contribution < 1.29 is 5.11 Å². The summed E-state index contributed by atoms with van der Waals surface area (Å²) in [6.07, 6.45) is 0.583. The van der Waals surface area contributed by atoms with Crippen LogP contribution in [-0.2, 0) is 0 Å². The monoisotopic (exact) mass is 318 g/mol. The Hall–Kier alpha value is -1.59. The van der Waals surface area contributed by atoms with Crippen molar-refractivity contribution in [1.29, 1.82) is 0 Å². The SMILES string of the molecule is CCNC(=NCC(c1ccc(C)cc1)N(C)C)N1CC[C@@H](O)C1. The van der Waals surface area contributed by atoms with E-state index in [4.69, 9.17) is 4.99 Å². The Labute approximate surface area is 140 Å². The molecule has 0 amide bonds. The van der Waals surface area contributed by atoms with Crippen LogP contribution in [0, 0.1) is 6.92 Å². The van der Waals surface area contributed by atoms with Crippen molar-refractivity contribution in [2.75, 3.05) is 40.3 Å². The summed E-state index contributed by atoms with van der Waals surface area (Å²) in [7, 11) is 4.18. The molecule has 2 N–H and O–H groups in total. The molecule has 2 rings (SSSR count). The predicted octanol–water partition coefficient (Wildman–Crippen LogP) is 1.63. The quantitative estimate of drug-likeness (QED) is 0.640. The van der Waals surface area contributed by atoms with Crippen LogP contribution in [0.5, 0.6) is 0 Å². The van der Waals surface area contributed by atoms with E-state index in [1.807, 2.05) is 0 Å². The summed E-state index contributed by atoms with van der Waals surface area (Å²) in [6.45, 7) is 7.25. The van der Waals surface area contributed by atoms with Crippen molar-refractivity contribution in [1.82, 2.24) is 15.1 Å². The third-order valence-electron chi connectivity index (χ3n) is 4.30. The van der Waals surface area contributed by atoms with Crippen LogP contribution in [0.1, 0.15) is 30.5 Å². The molecule has 0 radical (unpaired) electrons. The summed E-state index contributed by atoms with van der Waals surface area (Å²) in [5.41, 5.74) is 2.55. The van der Waals surface area contributed by atoms with E-state index in [1.54, 1.807) is 0 Å². The van der Waals surface area contributed by atoms with Crippen LogP contribution in [-0.4, -0.2) is 67.2 Å². The second-order valence-electron chi connectivity index (χ2n) is 6.47. The molecule has 2 atom stereocenters. The Morgan fingerprint density at radius 3 is 2.61 bits per heavy atom. The van der Waals surface area contributed by atoms with Gasteiger partial charge in [0.1, 0.15) is 0 Å². The number of guanidine groups is 1. The number of likely N-dealkylation sites (N-methyl/N-ethyl adjacent to an activating group) is 1. The molecule has 1 unspecified atom stereocenters. The highest BCUT2D eigenvalue weighted by Crippen LogP contribution is 2.19. The van der Waals surface area contributed by atoms with E-state index in [2.05, 4.69) is 67.3 Å². The van der Waals surface area contributed by atoms with Crippen LogP contribution in [0.3, 0.4) is 0 Å². The van der Waals surface area contributed by atoms with E-state index in [1.165, 1.54) is 11.1 Å². The second kappa shape index (κ2) is 8.31. The predicted molar refractivity (Wildman–Crippen MR) is 95.8 cm³/mol. The van der Waals surface area contributed by atoms with Gasteiger partial charge in [-0.05, 0) is 39.9 Å². The Morgan fingerprint density at radius 1 is 1.39 bits per heavy atom. The third kappa shape index (κ3) is 4.94. The van der Waals surface area contributed by atoms with Crippen LogP contribution in [0.2, 0.25) is 0 Å². The number of nitrogens with one attached hydrogen (secondary N) is 1. The van der Waals surface area contributed by atoms with Crippen molar-refractivity contribution in [2.24, 2.45) is 4.99 Å². The molecule has 1 aliphatic heterocycles. The number of aryl methyl sites for hydroxylation is 1. The van der Waals surface area contributed by atoms with Gasteiger partial charge in [-0.2, -0.15) is 0 Å². The van der Waals surface area contributed by atoms with Gasteiger partial charge in [-0.1, -0.05) is 29.8 Å². The van der Waals surface area contributed by atoms with Crippen molar-refractivity contribution >= 4 is 5.96 Å². The molecule has 0 aromatic heterocycles. The summed E-state index contributed by atoms with van der Waals surface area (Å²) in [5.74, 6) is 0.906. The van der Waals surface area contributed by atoms with E-state index in [0.717, 1.165) is 25.5 Å². The molecule has 0 saturated carbocycles. The van der Waals surface area contributed by atoms with Gasteiger partial charge in [-0.15, -0.1) is 0 Å². The Kier molecular flexibility index (Phi) is 6.42. The molecule has 1 aromatic carbocycles. The largest absolute Gasteiger partial charge is 0.391 e. The molecule has 1 aromatic rings. The number of hydrogen-bond donors (Lipinski definition) is 2. The smallest absolute Gasteiger partial charge is 0.194 e. The molecule has 1 heterocycles. The fraction of sp³-hybridized carbons (Fsp3) is 0.611. The van der Waals surface area contributed by atoms with Crippen LogP contribution in [0.4, 0.5) is 0 Å². The molecule has 5 nitrogen and oxygen atoms in total. The number of aliphatic imine (C=N–C) groups is 1. The van der Waals surface area contributed by atoms with Crippen molar-refractivity contribution in [2.45, 2.75) is 32.4 Å². The molecular weight excluding hydrogens is 288 g/mol. The highest BCUT2D eigenvalue weighted by atomic mass is 16.3. The minimum absolute atomic E-state index is 0.236. The van der Waals surface area contributed by atoms with E-state index in [9.17, 15) is 5.11 Å². The van der Waals surface area contributed by atoms with E-state index < -0.39 is 0 Å².